The van der Waals surface area contributed by atoms with Gasteiger partial charge in [-0.1, -0.05) is 22.8 Å². The Morgan fingerprint density at radius 3 is 2.32 bits per heavy atom. The molecule has 1 heterocycles. The first-order valence-corrected chi connectivity index (χ1v) is 11.6. The quantitative estimate of drug-likeness (QED) is 0.225. The zero-order valence-electron chi connectivity index (χ0n) is 17.7. The van der Waals surface area contributed by atoms with Gasteiger partial charge in [0.2, 0.25) is 5.91 Å². The van der Waals surface area contributed by atoms with E-state index in [1.54, 1.807) is 47.0 Å². The first-order valence-electron chi connectivity index (χ1n) is 9.97. The molecule has 2 N–H and O–H groups in total. The second kappa shape index (κ2) is 11.9. The molecule has 3 rings (SSSR count). The second-order valence-corrected chi connectivity index (χ2v) is 8.12. The Morgan fingerprint density at radius 1 is 1.12 bits per heavy atom. The molecular formula is C21H21ClN6O4S2. The molecule has 13 heteroatoms. The molecule has 0 aliphatic rings. The molecule has 1 unspecified atom stereocenters. The average Bonchev–Trinajstić information content (AvgIpc) is 3.25. The Hall–Kier alpha value is -3.09. The summed E-state index contributed by atoms with van der Waals surface area (Å²) in [5.41, 5.74) is 1.59. The molecule has 3 aromatic rings. The lowest BCUT2D eigenvalue weighted by Crippen LogP contribution is -2.47. The monoisotopic (exact) mass is 520 g/mol. The fourth-order valence-corrected chi connectivity index (χ4v) is 3.86. The smallest absolute Gasteiger partial charge is 0.328 e. The maximum Gasteiger partial charge on any atom is 0.328 e. The summed E-state index contributed by atoms with van der Waals surface area (Å²) >= 11 is 14.5. The summed E-state index contributed by atoms with van der Waals surface area (Å²) in [6, 6.07) is 11.9. The minimum atomic E-state index is -1.33. The van der Waals surface area contributed by atoms with Crippen LogP contribution in [0.3, 0.4) is 0 Å². The molecule has 1 atom stereocenters. The number of carbonyl (C=O) groups is 2. The van der Waals surface area contributed by atoms with E-state index in [2.05, 4.69) is 45.9 Å². The SMILES string of the molecule is O=NCC(C(=O)O)N(CC(=O)Nc1cccc(-n2c(CS)nnc2CS)c1)c1ccc(Cl)cc1. The van der Waals surface area contributed by atoms with Crippen molar-refractivity contribution in [2.45, 2.75) is 17.5 Å². The lowest BCUT2D eigenvalue weighted by Gasteiger charge is -2.29. The number of rotatable bonds is 11. The number of nitroso groups, excluding NO2 is 1. The summed E-state index contributed by atoms with van der Waals surface area (Å²) < 4.78 is 1.80. The predicted octanol–water partition coefficient (Wildman–Crippen LogP) is 3.45. The van der Waals surface area contributed by atoms with Crippen molar-refractivity contribution in [2.24, 2.45) is 5.18 Å². The topological polar surface area (TPSA) is 130 Å². The van der Waals surface area contributed by atoms with Gasteiger partial charge < -0.3 is 15.3 Å². The van der Waals surface area contributed by atoms with Crippen molar-refractivity contribution in [3.05, 3.63) is 70.1 Å². The van der Waals surface area contributed by atoms with E-state index in [-0.39, 0.29) is 6.54 Å². The third-order valence-corrected chi connectivity index (χ3v) is 5.67. The van der Waals surface area contributed by atoms with E-state index in [1.807, 2.05) is 6.07 Å². The highest BCUT2D eigenvalue weighted by molar-refractivity contribution is 7.79. The van der Waals surface area contributed by atoms with Crippen molar-refractivity contribution in [1.82, 2.24) is 14.8 Å². The number of amides is 1. The molecule has 0 saturated heterocycles. The van der Waals surface area contributed by atoms with Crippen LogP contribution in [0.25, 0.3) is 5.69 Å². The third-order valence-electron chi connectivity index (χ3n) is 4.85. The van der Waals surface area contributed by atoms with Crippen molar-refractivity contribution in [1.29, 1.82) is 0 Å². The van der Waals surface area contributed by atoms with E-state index in [1.165, 1.54) is 4.90 Å². The maximum atomic E-state index is 12.9. The van der Waals surface area contributed by atoms with Gasteiger partial charge in [-0.3, -0.25) is 9.36 Å². The van der Waals surface area contributed by atoms with Crippen LogP contribution < -0.4 is 10.2 Å². The summed E-state index contributed by atoms with van der Waals surface area (Å²) in [5.74, 6) is 0.182. The largest absolute Gasteiger partial charge is 0.480 e. The highest BCUT2D eigenvalue weighted by Gasteiger charge is 2.28. The Balaban J connectivity index is 1.85. The molecule has 0 aliphatic heterocycles. The van der Waals surface area contributed by atoms with Crippen LogP contribution in [0.2, 0.25) is 5.02 Å². The van der Waals surface area contributed by atoms with Gasteiger partial charge >= 0.3 is 5.97 Å². The van der Waals surface area contributed by atoms with Crippen LogP contribution in [-0.2, 0) is 21.1 Å². The molecule has 0 bridgehead atoms. The zero-order valence-corrected chi connectivity index (χ0v) is 20.2. The van der Waals surface area contributed by atoms with E-state index in [0.29, 0.717) is 45.2 Å². The van der Waals surface area contributed by atoms with E-state index in [4.69, 9.17) is 11.6 Å². The molecule has 0 fully saturated rings. The molecule has 0 aliphatic carbocycles. The molecule has 10 nitrogen and oxygen atoms in total. The highest BCUT2D eigenvalue weighted by Crippen LogP contribution is 2.22. The van der Waals surface area contributed by atoms with Crippen LogP contribution >= 0.6 is 36.9 Å². The number of carboxylic acids is 1. The fourth-order valence-electron chi connectivity index (χ4n) is 3.33. The number of hydrogen-bond acceptors (Lipinski definition) is 9. The van der Waals surface area contributed by atoms with Crippen molar-refractivity contribution in [2.75, 3.05) is 23.3 Å². The van der Waals surface area contributed by atoms with Gasteiger partial charge in [0.25, 0.3) is 0 Å². The number of thiol groups is 2. The van der Waals surface area contributed by atoms with Gasteiger partial charge in [0.05, 0.1) is 23.7 Å². The number of aromatic nitrogens is 3. The van der Waals surface area contributed by atoms with Gasteiger partial charge in [0, 0.05) is 16.4 Å². The maximum absolute atomic E-state index is 12.9. The Labute approximate surface area is 211 Å². The number of benzene rings is 2. The minimum absolute atomic E-state index is 0.339. The molecule has 1 amide bonds. The number of aliphatic carboxylic acids is 1. The molecular weight excluding hydrogens is 500 g/mol. The van der Waals surface area contributed by atoms with Crippen LogP contribution in [0.1, 0.15) is 11.6 Å². The van der Waals surface area contributed by atoms with Crippen molar-refractivity contribution < 1.29 is 14.7 Å². The van der Waals surface area contributed by atoms with Gasteiger partial charge in [-0.05, 0) is 42.5 Å². The summed E-state index contributed by atoms with van der Waals surface area (Å²) in [7, 11) is 0. The van der Waals surface area contributed by atoms with Gasteiger partial charge in [0.1, 0.15) is 18.2 Å². The standard InChI is InChI=1S/C21H21ClN6O4S2/c22-13-4-6-15(7-5-13)27(17(9-23-32)21(30)31)10-20(29)24-14-2-1-3-16(8-14)28-18(11-33)25-26-19(28)12-34/h1-8,17,33-34H,9-12H2,(H,24,29)(H,30,31). The lowest BCUT2D eigenvalue weighted by atomic mass is 10.2. The predicted molar refractivity (Wildman–Crippen MR) is 136 cm³/mol. The molecule has 1 aromatic heterocycles. The van der Waals surface area contributed by atoms with E-state index >= 15 is 0 Å². The molecule has 0 radical (unpaired) electrons. The van der Waals surface area contributed by atoms with Crippen molar-refractivity contribution in [3.8, 4) is 5.69 Å². The number of nitrogens with one attached hydrogen (secondary N) is 1. The summed E-state index contributed by atoms with van der Waals surface area (Å²) in [6.07, 6.45) is 0. The minimum Gasteiger partial charge on any atom is -0.480 e. The van der Waals surface area contributed by atoms with Gasteiger partial charge in [-0.25, -0.2) is 4.79 Å². The summed E-state index contributed by atoms with van der Waals surface area (Å²) in [4.78, 5) is 36.8. The number of anilines is 2. The van der Waals surface area contributed by atoms with Crippen LogP contribution in [0.15, 0.2) is 53.7 Å². The first-order chi connectivity index (χ1) is 16.4. The summed E-state index contributed by atoms with van der Waals surface area (Å²) in [5, 5.41) is 23.7. The van der Waals surface area contributed by atoms with Crippen LogP contribution in [-0.4, -0.2) is 50.9 Å². The van der Waals surface area contributed by atoms with Crippen LogP contribution in [0.4, 0.5) is 11.4 Å². The van der Waals surface area contributed by atoms with E-state index < -0.39 is 24.5 Å². The second-order valence-electron chi connectivity index (χ2n) is 7.05. The number of halogens is 1. The fraction of sp³-hybridized carbons (Fsp3) is 0.238. The Kier molecular flexibility index (Phi) is 8.91. The number of nitrogens with zero attached hydrogens (tertiary/aromatic N) is 5. The van der Waals surface area contributed by atoms with E-state index in [9.17, 15) is 19.6 Å². The van der Waals surface area contributed by atoms with Gasteiger partial charge in [-0.15, -0.1) is 10.2 Å². The Bertz CT molecular complexity index is 1150. The zero-order chi connectivity index (χ0) is 24.7. The molecule has 34 heavy (non-hydrogen) atoms. The molecule has 0 spiro atoms. The van der Waals surface area contributed by atoms with Crippen LogP contribution in [0.5, 0.6) is 0 Å². The number of carboxylic acid groups (broad SMARTS) is 1. The van der Waals surface area contributed by atoms with Crippen LogP contribution in [0, 0.1) is 4.91 Å². The number of hydrogen-bond donors (Lipinski definition) is 4. The summed E-state index contributed by atoms with van der Waals surface area (Å²) in [6.45, 7) is -0.873. The van der Waals surface area contributed by atoms with Crippen molar-refractivity contribution >= 4 is 60.1 Å². The lowest BCUT2D eigenvalue weighted by molar-refractivity contribution is -0.138. The Morgan fingerprint density at radius 2 is 1.76 bits per heavy atom. The third kappa shape index (κ3) is 6.07. The van der Waals surface area contributed by atoms with E-state index in [0.717, 1.165) is 0 Å². The molecule has 0 saturated carbocycles. The normalized spacial score (nSPS) is 11.6. The highest BCUT2D eigenvalue weighted by atomic mass is 35.5. The van der Waals surface area contributed by atoms with Gasteiger partial charge in [0.15, 0.2) is 6.04 Å². The number of carbonyl (C=O) groups excluding carboxylic acids is 1. The molecule has 178 valence electrons. The first kappa shape index (κ1) is 25.5. The van der Waals surface area contributed by atoms with Crippen molar-refractivity contribution in [3.63, 3.8) is 0 Å². The average molecular weight is 521 g/mol. The molecule has 2 aromatic carbocycles. The van der Waals surface area contributed by atoms with Gasteiger partial charge in [-0.2, -0.15) is 30.2 Å².